The summed E-state index contributed by atoms with van der Waals surface area (Å²) in [4.78, 5) is 13.0. The molecule has 0 radical (unpaired) electrons. The molecule has 2 rings (SSSR count). The molecule has 0 bridgehead atoms. The Morgan fingerprint density at radius 3 is 2.38 bits per heavy atom. The number of nitrogens with zero attached hydrogens (tertiary/aromatic N) is 1. The molecule has 0 saturated heterocycles. The summed E-state index contributed by atoms with van der Waals surface area (Å²) in [5, 5.41) is 9.19. The summed E-state index contributed by atoms with van der Waals surface area (Å²) < 4.78 is 5.38. The van der Waals surface area contributed by atoms with Gasteiger partial charge in [-0.3, -0.25) is 4.79 Å². The van der Waals surface area contributed by atoms with Crippen molar-refractivity contribution in [3.63, 3.8) is 0 Å². The number of benzene rings is 2. The molecule has 0 aliphatic rings. The van der Waals surface area contributed by atoms with Gasteiger partial charge in [-0.1, -0.05) is 36.4 Å². The number of rotatable bonds is 6. The van der Waals surface area contributed by atoms with E-state index in [-0.39, 0.29) is 12.6 Å². The van der Waals surface area contributed by atoms with Crippen molar-refractivity contribution >= 4 is 11.7 Å². The maximum absolute atomic E-state index is 11.2. The second kappa shape index (κ2) is 6.79. The van der Waals surface area contributed by atoms with Crippen LogP contribution in [0.3, 0.4) is 0 Å². The second-order valence-electron chi connectivity index (χ2n) is 4.78. The number of para-hydroxylation sites is 2. The third kappa shape index (κ3) is 3.54. The van der Waals surface area contributed by atoms with E-state index in [0.717, 1.165) is 17.0 Å². The van der Waals surface area contributed by atoms with Crippen LogP contribution in [0, 0.1) is 0 Å². The quantitative estimate of drug-likeness (QED) is 0.884. The zero-order valence-corrected chi connectivity index (χ0v) is 12.2. The van der Waals surface area contributed by atoms with Gasteiger partial charge in [-0.05, 0) is 25.1 Å². The monoisotopic (exact) mass is 285 g/mol. The first kappa shape index (κ1) is 14.9. The number of anilines is 1. The highest BCUT2D eigenvalue weighted by atomic mass is 16.5. The minimum Gasteiger partial charge on any atom is -0.496 e. The number of carboxylic acid groups (broad SMARTS) is 1. The molecule has 1 unspecified atom stereocenters. The van der Waals surface area contributed by atoms with Crippen molar-refractivity contribution in [2.24, 2.45) is 0 Å². The van der Waals surface area contributed by atoms with E-state index in [1.54, 1.807) is 7.11 Å². The van der Waals surface area contributed by atoms with Gasteiger partial charge < -0.3 is 14.7 Å². The first-order valence-corrected chi connectivity index (χ1v) is 6.80. The average molecular weight is 285 g/mol. The van der Waals surface area contributed by atoms with E-state index in [1.165, 1.54) is 0 Å². The van der Waals surface area contributed by atoms with Crippen LogP contribution in [0.25, 0.3) is 0 Å². The molecule has 0 amide bonds. The van der Waals surface area contributed by atoms with Crippen LogP contribution in [0.5, 0.6) is 5.75 Å². The maximum atomic E-state index is 11.2. The fourth-order valence-electron chi connectivity index (χ4n) is 2.40. The lowest BCUT2D eigenvalue weighted by Gasteiger charge is -2.31. The van der Waals surface area contributed by atoms with Crippen molar-refractivity contribution in [3.05, 3.63) is 60.2 Å². The Labute approximate surface area is 124 Å². The molecule has 0 aliphatic heterocycles. The summed E-state index contributed by atoms with van der Waals surface area (Å²) in [5.41, 5.74) is 1.84. The number of hydrogen-bond acceptors (Lipinski definition) is 3. The largest absolute Gasteiger partial charge is 0.496 e. The highest BCUT2D eigenvalue weighted by Crippen LogP contribution is 2.32. The van der Waals surface area contributed by atoms with Gasteiger partial charge in [0.05, 0.1) is 13.2 Å². The lowest BCUT2D eigenvalue weighted by molar-refractivity contribution is -0.135. The Bertz CT molecular complexity index is 598. The molecule has 0 heterocycles. The third-order valence-corrected chi connectivity index (χ3v) is 3.45. The zero-order chi connectivity index (χ0) is 15.2. The van der Waals surface area contributed by atoms with Crippen molar-refractivity contribution in [3.8, 4) is 5.75 Å². The SMILES string of the molecule is COc1ccccc1C(C)N(CC(=O)O)c1ccccc1. The van der Waals surface area contributed by atoms with Crippen LogP contribution in [0.4, 0.5) is 5.69 Å². The van der Waals surface area contributed by atoms with Crippen molar-refractivity contribution in [2.45, 2.75) is 13.0 Å². The van der Waals surface area contributed by atoms with Gasteiger partial charge in [-0.2, -0.15) is 0 Å². The smallest absolute Gasteiger partial charge is 0.323 e. The summed E-state index contributed by atoms with van der Waals surface area (Å²) in [7, 11) is 1.62. The Morgan fingerprint density at radius 2 is 1.76 bits per heavy atom. The number of carboxylic acids is 1. The van der Waals surface area contributed by atoms with E-state index >= 15 is 0 Å². The number of methoxy groups -OCH3 is 1. The van der Waals surface area contributed by atoms with E-state index in [0.29, 0.717) is 0 Å². The molecule has 1 N–H and O–H groups in total. The van der Waals surface area contributed by atoms with E-state index in [4.69, 9.17) is 4.74 Å². The fourth-order valence-corrected chi connectivity index (χ4v) is 2.40. The Morgan fingerprint density at radius 1 is 1.14 bits per heavy atom. The van der Waals surface area contributed by atoms with Crippen molar-refractivity contribution in [2.75, 3.05) is 18.6 Å². The molecule has 1 atom stereocenters. The highest BCUT2D eigenvalue weighted by molar-refractivity contribution is 5.74. The zero-order valence-electron chi connectivity index (χ0n) is 12.2. The van der Waals surface area contributed by atoms with Gasteiger partial charge >= 0.3 is 5.97 Å². The predicted molar refractivity (Wildman–Crippen MR) is 82.8 cm³/mol. The Kier molecular flexibility index (Phi) is 4.82. The predicted octanol–water partition coefficient (Wildman–Crippen LogP) is 3.35. The number of ether oxygens (including phenoxy) is 1. The van der Waals surface area contributed by atoms with Gasteiger partial charge in [0.2, 0.25) is 0 Å². The van der Waals surface area contributed by atoms with E-state index in [9.17, 15) is 9.90 Å². The molecule has 0 spiro atoms. The maximum Gasteiger partial charge on any atom is 0.323 e. The Balaban J connectivity index is 2.38. The normalized spacial score (nSPS) is 11.7. The molecule has 4 nitrogen and oxygen atoms in total. The molecular formula is C17H19NO3. The van der Waals surface area contributed by atoms with E-state index < -0.39 is 5.97 Å². The topological polar surface area (TPSA) is 49.8 Å². The number of hydrogen-bond donors (Lipinski definition) is 1. The summed E-state index contributed by atoms with van der Waals surface area (Å²) in [6.07, 6.45) is 0. The molecule has 0 aliphatic carbocycles. The summed E-state index contributed by atoms with van der Waals surface area (Å²) in [6.45, 7) is 1.91. The molecular weight excluding hydrogens is 266 g/mol. The minimum atomic E-state index is -0.861. The van der Waals surface area contributed by atoms with Gasteiger partial charge in [-0.25, -0.2) is 0 Å². The highest BCUT2D eigenvalue weighted by Gasteiger charge is 2.21. The molecule has 4 heteroatoms. The van der Waals surface area contributed by atoms with Crippen LogP contribution in [0.1, 0.15) is 18.5 Å². The average Bonchev–Trinajstić information content (AvgIpc) is 2.52. The molecule has 2 aromatic rings. The Hall–Kier alpha value is -2.49. The summed E-state index contributed by atoms with van der Waals surface area (Å²) >= 11 is 0. The van der Waals surface area contributed by atoms with Crippen molar-refractivity contribution < 1.29 is 14.6 Å². The van der Waals surface area contributed by atoms with Crippen LogP contribution >= 0.6 is 0 Å². The lowest BCUT2D eigenvalue weighted by Crippen LogP contribution is -2.32. The lowest BCUT2D eigenvalue weighted by atomic mass is 10.0. The molecule has 2 aromatic carbocycles. The van der Waals surface area contributed by atoms with Gasteiger partial charge in [0.1, 0.15) is 12.3 Å². The van der Waals surface area contributed by atoms with Crippen LogP contribution in [0.15, 0.2) is 54.6 Å². The van der Waals surface area contributed by atoms with Gasteiger partial charge in [0.25, 0.3) is 0 Å². The number of aliphatic carboxylic acids is 1. The van der Waals surface area contributed by atoms with Crippen LogP contribution in [-0.2, 0) is 4.79 Å². The third-order valence-electron chi connectivity index (χ3n) is 3.45. The van der Waals surface area contributed by atoms with Gasteiger partial charge in [0, 0.05) is 11.3 Å². The van der Waals surface area contributed by atoms with Gasteiger partial charge in [-0.15, -0.1) is 0 Å². The summed E-state index contributed by atoms with van der Waals surface area (Å²) in [6, 6.07) is 17.1. The fraction of sp³-hybridized carbons (Fsp3) is 0.235. The van der Waals surface area contributed by atoms with Crippen LogP contribution in [0.2, 0.25) is 0 Å². The second-order valence-corrected chi connectivity index (χ2v) is 4.78. The first-order valence-electron chi connectivity index (χ1n) is 6.80. The van der Waals surface area contributed by atoms with Crippen molar-refractivity contribution in [1.82, 2.24) is 0 Å². The van der Waals surface area contributed by atoms with Gasteiger partial charge in [0.15, 0.2) is 0 Å². The molecule has 0 fully saturated rings. The standard InChI is InChI=1S/C17H19NO3/c1-13(15-10-6-7-11-16(15)21-2)18(12-17(19)20)14-8-4-3-5-9-14/h3-11,13H,12H2,1-2H3,(H,19,20). The molecule has 110 valence electrons. The molecule has 0 saturated carbocycles. The van der Waals surface area contributed by atoms with E-state index in [1.807, 2.05) is 66.4 Å². The first-order chi connectivity index (χ1) is 10.1. The van der Waals surface area contributed by atoms with E-state index in [2.05, 4.69) is 0 Å². The minimum absolute atomic E-state index is 0.0662. The molecule has 0 aromatic heterocycles. The summed E-state index contributed by atoms with van der Waals surface area (Å²) in [5.74, 6) is -0.100. The number of carbonyl (C=O) groups is 1. The van der Waals surface area contributed by atoms with Crippen LogP contribution in [-0.4, -0.2) is 24.7 Å². The van der Waals surface area contributed by atoms with Crippen LogP contribution < -0.4 is 9.64 Å². The van der Waals surface area contributed by atoms with Crippen molar-refractivity contribution in [1.29, 1.82) is 0 Å². The molecule has 21 heavy (non-hydrogen) atoms.